The summed E-state index contributed by atoms with van der Waals surface area (Å²) in [5.41, 5.74) is 4.66. The second-order valence-electron chi connectivity index (χ2n) is 5.65. The number of amides is 1. The van der Waals surface area contributed by atoms with E-state index in [1.54, 1.807) is 0 Å². The van der Waals surface area contributed by atoms with Gasteiger partial charge in [0.2, 0.25) is 5.91 Å². The molecule has 0 saturated heterocycles. The summed E-state index contributed by atoms with van der Waals surface area (Å²) in [5, 5.41) is 3.85. The molecule has 2 unspecified atom stereocenters. The summed E-state index contributed by atoms with van der Waals surface area (Å²) in [6.07, 6.45) is -1.01. The number of thiazole rings is 1. The number of aromatic nitrogens is 1. The molecule has 0 radical (unpaired) electrons. The van der Waals surface area contributed by atoms with Gasteiger partial charge in [-0.05, 0) is 19.8 Å². The standard InChI is InChI=1S/C13H18F3N3OS.ClH/c1-12(17)5-3-2-4-8(12)11(20)18-6-10-19-9(7-21-10)13(14,15)16;/h7-8H,2-6,17H2,1H3,(H,18,20);1H. The van der Waals surface area contributed by atoms with Crippen molar-refractivity contribution >= 4 is 29.7 Å². The molecule has 0 bridgehead atoms. The summed E-state index contributed by atoms with van der Waals surface area (Å²) >= 11 is 0.888. The third kappa shape index (κ3) is 4.57. The van der Waals surface area contributed by atoms with Crippen LogP contribution < -0.4 is 11.1 Å². The quantitative estimate of drug-likeness (QED) is 0.873. The van der Waals surface area contributed by atoms with Crippen LogP contribution in [0.2, 0.25) is 0 Å². The smallest absolute Gasteiger partial charge is 0.349 e. The first-order valence-corrected chi connectivity index (χ1v) is 7.66. The van der Waals surface area contributed by atoms with Crippen LogP contribution in [-0.2, 0) is 17.5 Å². The maximum absolute atomic E-state index is 12.4. The fourth-order valence-electron chi connectivity index (χ4n) is 2.60. The number of hydrogen-bond acceptors (Lipinski definition) is 4. The molecule has 126 valence electrons. The van der Waals surface area contributed by atoms with Crippen molar-refractivity contribution in [1.82, 2.24) is 10.3 Å². The van der Waals surface area contributed by atoms with E-state index in [4.69, 9.17) is 5.73 Å². The summed E-state index contributed by atoms with van der Waals surface area (Å²) < 4.78 is 37.3. The van der Waals surface area contributed by atoms with Gasteiger partial charge in [0.25, 0.3) is 0 Å². The highest BCUT2D eigenvalue weighted by Gasteiger charge is 2.38. The van der Waals surface area contributed by atoms with Crippen molar-refractivity contribution in [2.24, 2.45) is 11.7 Å². The lowest BCUT2D eigenvalue weighted by Crippen LogP contribution is -2.52. The average Bonchev–Trinajstić information content (AvgIpc) is 2.84. The highest BCUT2D eigenvalue weighted by molar-refractivity contribution is 7.09. The molecular formula is C13H19ClF3N3OS. The van der Waals surface area contributed by atoms with Crippen molar-refractivity contribution in [2.75, 3.05) is 0 Å². The first kappa shape index (κ1) is 19.2. The van der Waals surface area contributed by atoms with E-state index in [-0.39, 0.29) is 35.8 Å². The second-order valence-corrected chi connectivity index (χ2v) is 6.59. The van der Waals surface area contributed by atoms with E-state index in [2.05, 4.69) is 10.3 Å². The Labute approximate surface area is 137 Å². The maximum Gasteiger partial charge on any atom is 0.434 e. The Hall–Kier alpha value is -0.860. The van der Waals surface area contributed by atoms with Crippen LogP contribution in [-0.4, -0.2) is 16.4 Å². The molecule has 1 aliphatic carbocycles. The van der Waals surface area contributed by atoms with Crippen molar-refractivity contribution in [3.8, 4) is 0 Å². The fraction of sp³-hybridized carbons (Fsp3) is 0.692. The lowest BCUT2D eigenvalue weighted by Gasteiger charge is -2.37. The van der Waals surface area contributed by atoms with E-state index in [9.17, 15) is 18.0 Å². The second kappa shape index (κ2) is 7.14. The van der Waals surface area contributed by atoms with Crippen molar-refractivity contribution in [1.29, 1.82) is 0 Å². The third-order valence-corrected chi connectivity index (χ3v) is 4.68. The molecule has 0 spiro atoms. The van der Waals surface area contributed by atoms with Crippen molar-refractivity contribution in [3.05, 3.63) is 16.1 Å². The van der Waals surface area contributed by atoms with Gasteiger partial charge in [-0.15, -0.1) is 23.7 Å². The fourth-order valence-corrected chi connectivity index (χ4v) is 3.34. The first-order chi connectivity index (χ1) is 9.70. The zero-order valence-electron chi connectivity index (χ0n) is 12.1. The number of nitrogens with one attached hydrogen (secondary N) is 1. The zero-order chi connectivity index (χ0) is 15.7. The minimum atomic E-state index is -4.45. The molecule has 1 saturated carbocycles. The summed E-state index contributed by atoms with van der Waals surface area (Å²) in [6.45, 7) is 1.85. The van der Waals surface area contributed by atoms with Gasteiger partial charge in [0.05, 0.1) is 12.5 Å². The summed E-state index contributed by atoms with van der Waals surface area (Å²) in [5.74, 6) is -0.503. The Kier molecular flexibility index (Phi) is 6.23. The Balaban J connectivity index is 0.00000242. The van der Waals surface area contributed by atoms with Crippen LogP contribution in [0.4, 0.5) is 13.2 Å². The van der Waals surface area contributed by atoms with Gasteiger partial charge >= 0.3 is 6.18 Å². The van der Waals surface area contributed by atoms with E-state index in [1.165, 1.54) is 0 Å². The number of carbonyl (C=O) groups is 1. The Morgan fingerprint density at radius 1 is 1.55 bits per heavy atom. The lowest BCUT2D eigenvalue weighted by molar-refractivity contribution is -0.140. The van der Waals surface area contributed by atoms with Crippen LogP contribution in [0.1, 0.15) is 43.3 Å². The number of alkyl halides is 3. The van der Waals surface area contributed by atoms with Gasteiger partial charge in [-0.3, -0.25) is 4.79 Å². The van der Waals surface area contributed by atoms with Gasteiger partial charge in [0.1, 0.15) is 5.01 Å². The van der Waals surface area contributed by atoms with Gasteiger partial charge in [0.15, 0.2) is 5.69 Å². The predicted octanol–water partition coefficient (Wildman–Crippen LogP) is 3.11. The van der Waals surface area contributed by atoms with Crippen LogP contribution in [0.15, 0.2) is 5.38 Å². The number of hydrogen-bond donors (Lipinski definition) is 2. The van der Waals surface area contributed by atoms with Gasteiger partial charge in [-0.1, -0.05) is 12.8 Å². The van der Waals surface area contributed by atoms with Crippen molar-refractivity contribution in [3.63, 3.8) is 0 Å². The topological polar surface area (TPSA) is 68.0 Å². The highest BCUT2D eigenvalue weighted by Crippen LogP contribution is 2.32. The molecule has 1 aliphatic rings. The minimum absolute atomic E-state index is 0. The van der Waals surface area contributed by atoms with E-state index >= 15 is 0 Å². The molecule has 9 heteroatoms. The SMILES string of the molecule is CC1(N)CCCCC1C(=O)NCc1nc(C(F)(F)F)cs1.Cl. The van der Waals surface area contributed by atoms with E-state index in [1.807, 2.05) is 6.92 Å². The molecule has 22 heavy (non-hydrogen) atoms. The maximum atomic E-state index is 12.4. The molecule has 2 atom stereocenters. The number of nitrogens with two attached hydrogens (primary N) is 1. The summed E-state index contributed by atoms with van der Waals surface area (Å²) in [7, 11) is 0. The first-order valence-electron chi connectivity index (χ1n) is 6.78. The molecule has 1 amide bonds. The monoisotopic (exact) mass is 357 g/mol. The average molecular weight is 358 g/mol. The van der Waals surface area contributed by atoms with Crippen LogP contribution in [0.25, 0.3) is 0 Å². The third-order valence-electron chi connectivity index (χ3n) is 3.83. The molecule has 0 aliphatic heterocycles. The minimum Gasteiger partial charge on any atom is -0.349 e. The Bertz CT molecular complexity index is 519. The molecule has 1 aromatic heterocycles. The molecule has 1 heterocycles. The summed E-state index contributed by atoms with van der Waals surface area (Å²) in [4.78, 5) is 15.6. The largest absolute Gasteiger partial charge is 0.434 e. The van der Waals surface area contributed by atoms with Gasteiger partial charge in [0, 0.05) is 10.9 Å². The van der Waals surface area contributed by atoms with Gasteiger partial charge in [-0.25, -0.2) is 4.98 Å². The Morgan fingerprint density at radius 3 is 2.77 bits per heavy atom. The molecule has 1 aromatic rings. The number of rotatable bonds is 3. The molecule has 3 N–H and O–H groups in total. The Morgan fingerprint density at radius 2 is 2.23 bits per heavy atom. The highest BCUT2D eigenvalue weighted by atomic mass is 35.5. The van der Waals surface area contributed by atoms with Crippen LogP contribution in [0, 0.1) is 5.92 Å². The molecule has 2 rings (SSSR count). The van der Waals surface area contributed by atoms with Crippen molar-refractivity contribution in [2.45, 2.75) is 50.9 Å². The number of nitrogens with zero attached hydrogens (tertiary/aromatic N) is 1. The van der Waals surface area contributed by atoms with E-state index in [0.29, 0.717) is 6.42 Å². The number of carbonyl (C=O) groups excluding carboxylic acids is 1. The zero-order valence-corrected chi connectivity index (χ0v) is 13.7. The van der Waals surface area contributed by atoms with Crippen LogP contribution >= 0.6 is 23.7 Å². The normalized spacial score (nSPS) is 25.4. The van der Waals surface area contributed by atoms with Crippen LogP contribution in [0.5, 0.6) is 0 Å². The van der Waals surface area contributed by atoms with E-state index < -0.39 is 17.4 Å². The number of halogens is 4. The van der Waals surface area contributed by atoms with Crippen molar-refractivity contribution < 1.29 is 18.0 Å². The van der Waals surface area contributed by atoms with Crippen LogP contribution in [0.3, 0.4) is 0 Å². The molecule has 1 fully saturated rings. The van der Waals surface area contributed by atoms with Gasteiger partial charge in [-0.2, -0.15) is 13.2 Å². The molecule has 0 aromatic carbocycles. The van der Waals surface area contributed by atoms with E-state index in [0.717, 1.165) is 36.0 Å². The lowest BCUT2D eigenvalue weighted by atomic mass is 9.74. The molecular weight excluding hydrogens is 339 g/mol. The summed E-state index contributed by atoms with van der Waals surface area (Å²) in [6, 6.07) is 0. The predicted molar refractivity (Wildman–Crippen MR) is 80.8 cm³/mol. The molecule has 4 nitrogen and oxygen atoms in total. The van der Waals surface area contributed by atoms with Gasteiger partial charge < -0.3 is 11.1 Å².